The largest absolute Gasteiger partial charge is 0.472 e. The predicted molar refractivity (Wildman–Crippen MR) is 93.8 cm³/mol. The van der Waals surface area contributed by atoms with Crippen LogP contribution in [0.25, 0.3) is 0 Å². The second-order valence-corrected chi connectivity index (χ2v) is 6.04. The molecule has 24 heavy (non-hydrogen) atoms. The Morgan fingerprint density at radius 2 is 2.00 bits per heavy atom. The number of ether oxygens (including phenoxy) is 1. The molecule has 1 aromatic carbocycles. The number of halogens is 3. The van der Waals surface area contributed by atoms with Gasteiger partial charge in [-0.3, -0.25) is 0 Å². The quantitative estimate of drug-likeness (QED) is 0.527. The van der Waals surface area contributed by atoms with Gasteiger partial charge in [-0.1, -0.05) is 6.07 Å². The van der Waals surface area contributed by atoms with Crippen LogP contribution in [0.1, 0.15) is 18.2 Å². The monoisotopic (exact) mass is 397 g/mol. The molecule has 0 aliphatic rings. The highest BCUT2D eigenvalue weighted by Crippen LogP contribution is 2.30. The van der Waals surface area contributed by atoms with E-state index in [1.54, 1.807) is 19.3 Å². The van der Waals surface area contributed by atoms with Crippen LogP contribution in [0.5, 0.6) is 5.88 Å². The van der Waals surface area contributed by atoms with Crippen molar-refractivity contribution < 1.29 is 13.5 Å². The van der Waals surface area contributed by atoms with Gasteiger partial charge in [-0.2, -0.15) is 0 Å². The molecule has 2 rings (SSSR count). The highest BCUT2D eigenvalue weighted by molar-refractivity contribution is 9.10. The van der Waals surface area contributed by atoms with E-state index >= 15 is 0 Å². The van der Waals surface area contributed by atoms with Crippen LogP contribution in [0.3, 0.4) is 0 Å². The Balaban J connectivity index is 2.17. The van der Waals surface area contributed by atoms with Crippen molar-refractivity contribution in [1.29, 1.82) is 0 Å². The summed E-state index contributed by atoms with van der Waals surface area (Å²) < 4.78 is 33.3. The van der Waals surface area contributed by atoms with E-state index in [9.17, 15) is 8.78 Å². The van der Waals surface area contributed by atoms with Gasteiger partial charge in [0.05, 0.1) is 27.8 Å². The number of hydrogen-bond acceptors (Lipinski definition) is 3. The highest BCUT2D eigenvalue weighted by atomic mass is 79.9. The van der Waals surface area contributed by atoms with E-state index < -0.39 is 11.6 Å². The van der Waals surface area contributed by atoms with Gasteiger partial charge in [0.25, 0.3) is 0 Å². The smallest absolute Gasteiger partial charge is 0.228 e. The van der Waals surface area contributed by atoms with Gasteiger partial charge in [0.1, 0.15) is 18.2 Å². The van der Waals surface area contributed by atoms with Crippen LogP contribution >= 0.6 is 15.9 Å². The number of benzene rings is 1. The van der Waals surface area contributed by atoms with Gasteiger partial charge >= 0.3 is 0 Å². The Bertz CT molecular complexity index is 733. The molecule has 0 bridgehead atoms. The molecule has 0 radical (unpaired) electrons. The third-order valence-corrected chi connectivity index (χ3v) is 3.98. The molecule has 0 N–H and O–H groups in total. The van der Waals surface area contributed by atoms with Gasteiger partial charge in [0, 0.05) is 13.6 Å². The van der Waals surface area contributed by atoms with Gasteiger partial charge in [-0.25, -0.2) is 18.8 Å². The minimum Gasteiger partial charge on any atom is -0.472 e. The molecule has 128 valence electrons. The van der Waals surface area contributed by atoms with E-state index in [2.05, 4.69) is 25.9 Å². The van der Waals surface area contributed by atoms with E-state index in [1.165, 1.54) is 18.2 Å². The van der Waals surface area contributed by atoms with Crippen LogP contribution < -0.4 is 4.74 Å². The molecule has 0 spiro atoms. The van der Waals surface area contributed by atoms with Crippen molar-refractivity contribution in [3.8, 4) is 5.88 Å². The number of aliphatic imine (C=N–C) groups is 1. The van der Waals surface area contributed by atoms with Crippen molar-refractivity contribution in [3.63, 3.8) is 0 Å². The normalized spacial score (nSPS) is 11.1. The molecule has 7 heteroatoms. The lowest BCUT2D eigenvalue weighted by atomic mass is 10.2. The molecule has 0 saturated heterocycles. The van der Waals surface area contributed by atoms with E-state index in [-0.39, 0.29) is 18.1 Å². The Labute approximate surface area is 148 Å². The lowest BCUT2D eigenvalue weighted by Gasteiger charge is -2.12. The molecular formula is C17H18BrF2N3O. The van der Waals surface area contributed by atoms with Gasteiger partial charge in [-0.15, -0.1) is 0 Å². The third kappa shape index (κ3) is 4.50. The minimum absolute atomic E-state index is 0.129. The standard InChI is InChI=1S/C17H18BrF2N3O/c1-4-23(3)10-21-16-8-13(18)17(22-11(16)2)24-9-12-14(19)6-5-7-15(12)20/h5-8,10H,4,9H2,1-3H3/b21-10+. The highest BCUT2D eigenvalue weighted by Gasteiger charge is 2.12. The molecule has 0 unspecified atom stereocenters. The van der Waals surface area contributed by atoms with E-state index in [0.29, 0.717) is 15.9 Å². The molecule has 4 nitrogen and oxygen atoms in total. The first-order valence-electron chi connectivity index (χ1n) is 7.39. The number of aryl methyl sites for hydroxylation is 1. The maximum atomic E-state index is 13.6. The van der Waals surface area contributed by atoms with Crippen molar-refractivity contribution in [2.75, 3.05) is 13.6 Å². The first-order chi connectivity index (χ1) is 11.4. The number of hydrogen-bond donors (Lipinski definition) is 0. The summed E-state index contributed by atoms with van der Waals surface area (Å²) in [5.41, 5.74) is 1.21. The van der Waals surface area contributed by atoms with Crippen molar-refractivity contribution in [2.24, 2.45) is 4.99 Å². The zero-order valence-corrected chi connectivity index (χ0v) is 15.3. The molecule has 1 aromatic heterocycles. The lowest BCUT2D eigenvalue weighted by molar-refractivity contribution is 0.279. The summed E-state index contributed by atoms with van der Waals surface area (Å²) in [6.07, 6.45) is 1.71. The molecule has 0 atom stereocenters. The van der Waals surface area contributed by atoms with E-state index in [1.807, 2.05) is 18.9 Å². The van der Waals surface area contributed by atoms with Gasteiger partial charge in [0.2, 0.25) is 5.88 Å². The van der Waals surface area contributed by atoms with Crippen molar-refractivity contribution in [3.05, 3.63) is 51.6 Å². The topological polar surface area (TPSA) is 37.7 Å². The van der Waals surface area contributed by atoms with Gasteiger partial charge in [-0.05, 0) is 48.0 Å². The Kier molecular flexibility index (Phi) is 6.25. The molecule has 0 fully saturated rings. The number of aromatic nitrogens is 1. The third-order valence-electron chi connectivity index (χ3n) is 3.42. The van der Waals surface area contributed by atoms with Crippen LogP contribution in [-0.2, 0) is 6.61 Å². The second-order valence-electron chi connectivity index (χ2n) is 5.19. The Morgan fingerprint density at radius 1 is 1.33 bits per heavy atom. The average Bonchev–Trinajstić information content (AvgIpc) is 2.55. The molecule has 0 amide bonds. The molecule has 0 aliphatic heterocycles. The summed E-state index contributed by atoms with van der Waals surface area (Å²) in [7, 11) is 1.92. The van der Waals surface area contributed by atoms with Crippen molar-refractivity contribution in [2.45, 2.75) is 20.5 Å². The maximum absolute atomic E-state index is 13.6. The average molecular weight is 398 g/mol. The SMILES string of the molecule is CCN(C)/C=N/c1cc(Br)c(OCc2c(F)cccc2F)nc1C. The number of pyridine rings is 1. The van der Waals surface area contributed by atoms with Gasteiger partial charge in [0.15, 0.2) is 0 Å². The zero-order valence-electron chi connectivity index (χ0n) is 13.7. The Hall–Kier alpha value is -2.02. The van der Waals surface area contributed by atoms with Crippen LogP contribution in [-0.4, -0.2) is 29.8 Å². The summed E-state index contributed by atoms with van der Waals surface area (Å²) >= 11 is 3.35. The molecule has 0 saturated carbocycles. The summed E-state index contributed by atoms with van der Waals surface area (Å²) in [5, 5.41) is 0. The number of nitrogens with zero attached hydrogens (tertiary/aromatic N) is 3. The molecular weight excluding hydrogens is 380 g/mol. The van der Waals surface area contributed by atoms with E-state index in [0.717, 1.165) is 6.54 Å². The fourth-order valence-corrected chi connectivity index (χ4v) is 2.25. The summed E-state index contributed by atoms with van der Waals surface area (Å²) in [6.45, 7) is 4.41. The second kappa shape index (κ2) is 8.19. The first kappa shape index (κ1) is 18.3. The molecule has 0 aliphatic carbocycles. The molecule has 1 heterocycles. The zero-order chi connectivity index (χ0) is 17.7. The van der Waals surface area contributed by atoms with Crippen LogP contribution in [0.2, 0.25) is 0 Å². The van der Waals surface area contributed by atoms with Crippen molar-refractivity contribution >= 4 is 28.0 Å². The maximum Gasteiger partial charge on any atom is 0.228 e. The van der Waals surface area contributed by atoms with Crippen molar-refractivity contribution in [1.82, 2.24) is 9.88 Å². The Morgan fingerprint density at radius 3 is 2.62 bits per heavy atom. The van der Waals surface area contributed by atoms with Gasteiger partial charge < -0.3 is 9.64 Å². The van der Waals surface area contributed by atoms with Crippen LogP contribution in [0.4, 0.5) is 14.5 Å². The summed E-state index contributed by atoms with van der Waals surface area (Å²) in [5.74, 6) is -1.03. The number of rotatable bonds is 6. The van der Waals surface area contributed by atoms with E-state index in [4.69, 9.17) is 4.74 Å². The van der Waals surface area contributed by atoms with Crippen LogP contribution in [0.15, 0.2) is 33.7 Å². The summed E-state index contributed by atoms with van der Waals surface area (Å²) in [6, 6.07) is 5.46. The lowest BCUT2D eigenvalue weighted by Crippen LogP contribution is -2.14. The van der Waals surface area contributed by atoms with Crippen LogP contribution in [0, 0.1) is 18.6 Å². The fourth-order valence-electron chi connectivity index (χ4n) is 1.83. The summed E-state index contributed by atoms with van der Waals surface area (Å²) in [4.78, 5) is 10.6. The molecule has 2 aromatic rings. The first-order valence-corrected chi connectivity index (χ1v) is 8.19. The predicted octanol–water partition coefficient (Wildman–Crippen LogP) is 4.62. The minimum atomic E-state index is -0.647. The fraction of sp³-hybridized carbons (Fsp3) is 0.294.